The van der Waals surface area contributed by atoms with Gasteiger partial charge in [-0.2, -0.15) is 0 Å². The number of rotatable bonds is 4. The highest BCUT2D eigenvalue weighted by atomic mass is 16.6. The maximum atomic E-state index is 10.9. The van der Waals surface area contributed by atoms with Gasteiger partial charge in [-0.25, -0.2) is 10.8 Å². The van der Waals surface area contributed by atoms with E-state index in [2.05, 4.69) is 29.6 Å². The highest BCUT2D eigenvalue weighted by molar-refractivity contribution is 5.54. The number of hydrazine groups is 1. The second-order valence-electron chi connectivity index (χ2n) is 5.61. The van der Waals surface area contributed by atoms with Gasteiger partial charge in [-0.15, -0.1) is 0 Å². The molecule has 0 amide bonds. The van der Waals surface area contributed by atoms with Gasteiger partial charge in [0.1, 0.15) is 11.6 Å². The number of nitrogen functional groups attached to an aromatic ring is 1. The van der Waals surface area contributed by atoms with E-state index < -0.39 is 4.92 Å². The Morgan fingerprint density at radius 3 is 2.60 bits per heavy atom. The van der Waals surface area contributed by atoms with Crippen LogP contribution in [0.3, 0.4) is 0 Å². The number of pyridine rings is 1. The Morgan fingerprint density at radius 1 is 1.30 bits per heavy atom. The third-order valence-corrected chi connectivity index (χ3v) is 4.12. The summed E-state index contributed by atoms with van der Waals surface area (Å²) in [4.78, 5) is 14.7. The lowest BCUT2D eigenvalue weighted by Gasteiger charge is -2.32. The minimum absolute atomic E-state index is 0.0207. The Hall–Kier alpha value is -1.89. The van der Waals surface area contributed by atoms with Crippen LogP contribution in [-0.2, 0) is 0 Å². The number of hydrogen-bond acceptors (Lipinski definition) is 6. The molecular weight excluding hydrogens is 258 g/mol. The van der Waals surface area contributed by atoms with E-state index in [4.69, 9.17) is 5.84 Å². The first-order valence-electron chi connectivity index (χ1n) is 6.89. The summed E-state index contributed by atoms with van der Waals surface area (Å²) in [5, 5.41) is 14.2. The minimum Gasteiger partial charge on any atom is -0.367 e. The third-order valence-electron chi connectivity index (χ3n) is 4.12. The van der Waals surface area contributed by atoms with Crippen LogP contribution in [-0.4, -0.2) is 15.9 Å². The first kappa shape index (κ1) is 14.5. The minimum atomic E-state index is -0.445. The Labute approximate surface area is 118 Å². The van der Waals surface area contributed by atoms with Gasteiger partial charge in [0.25, 0.3) is 5.69 Å². The van der Waals surface area contributed by atoms with Crippen molar-refractivity contribution in [2.75, 3.05) is 10.7 Å². The van der Waals surface area contributed by atoms with Crippen molar-refractivity contribution in [2.24, 2.45) is 17.7 Å². The average Bonchev–Trinajstić information content (AvgIpc) is 2.42. The molecule has 3 unspecified atom stereocenters. The molecule has 4 N–H and O–H groups in total. The van der Waals surface area contributed by atoms with Crippen LogP contribution >= 0.6 is 0 Å². The van der Waals surface area contributed by atoms with E-state index in [9.17, 15) is 10.1 Å². The van der Waals surface area contributed by atoms with Gasteiger partial charge >= 0.3 is 0 Å². The zero-order valence-electron chi connectivity index (χ0n) is 11.8. The van der Waals surface area contributed by atoms with Crippen molar-refractivity contribution in [3.63, 3.8) is 0 Å². The van der Waals surface area contributed by atoms with Crippen LogP contribution in [0, 0.1) is 22.0 Å². The molecule has 1 aliphatic carbocycles. The molecule has 1 saturated carbocycles. The van der Waals surface area contributed by atoms with Crippen molar-refractivity contribution in [3.05, 3.63) is 22.2 Å². The van der Waals surface area contributed by atoms with Crippen LogP contribution in [0.15, 0.2) is 12.1 Å². The van der Waals surface area contributed by atoms with Gasteiger partial charge in [0, 0.05) is 6.04 Å². The quantitative estimate of drug-likeness (QED) is 0.444. The van der Waals surface area contributed by atoms with Crippen LogP contribution in [0.4, 0.5) is 17.3 Å². The highest BCUT2D eigenvalue weighted by Crippen LogP contribution is 2.31. The Morgan fingerprint density at radius 2 is 2.00 bits per heavy atom. The van der Waals surface area contributed by atoms with Gasteiger partial charge in [-0.3, -0.25) is 10.1 Å². The summed E-state index contributed by atoms with van der Waals surface area (Å²) in [6.45, 7) is 4.51. The van der Waals surface area contributed by atoms with Crippen LogP contribution in [0.5, 0.6) is 0 Å². The lowest BCUT2D eigenvalue weighted by atomic mass is 9.79. The molecule has 0 bridgehead atoms. The molecule has 1 aromatic heterocycles. The first-order valence-corrected chi connectivity index (χ1v) is 6.89. The van der Waals surface area contributed by atoms with Crippen molar-refractivity contribution < 1.29 is 4.92 Å². The van der Waals surface area contributed by atoms with E-state index in [0.29, 0.717) is 23.6 Å². The number of nitrogens with two attached hydrogens (primary N) is 1. The van der Waals surface area contributed by atoms with Crippen LogP contribution < -0.4 is 16.6 Å². The molecular formula is C13H21N5O2. The first-order chi connectivity index (χ1) is 9.49. The molecule has 7 nitrogen and oxygen atoms in total. The van der Waals surface area contributed by atoms with Gasteiger partial charge in [-0.1, -0.05) is 13.8 Å². The van der Waals surface area contributed by atoms with Crippen molar-refractivity contribution in [1.29, 1.82) is 0 Å². The lowest BCUT2D eigenvalue weighted by Crippen LogP contribution is -2.30. The van der Waals surface area contributed by atoms with Gasteiger partial charge in [0.05, 0.1) is 17.1 Å². The summed E-state index contributed by atoms with van der Waals surface area (Å²) in [6, 6.07) is 3.07. The summed E-state index contributed by atoms with van der Waals surface area (Å²) in [6.07, 6.45) is 3.27. The molecule has 0 saturated heterocycles. The van der Waals surface area contributed by atoms with Crippen LogP contribution in [0.1, 0.15) is 33.1 Å². The number of nitrogens with one attached hydrogen (secondary N) is 2. The predicted molar refractivity (Wildman–Crippen MR) is 78.3 cm³/mol. The number of hydrogen-bond donors (Lipinski definition) is 3. The summed E-state index contributed by atoms with van der Waals surface area (Å²) in [5.41, 5.74) is 2.34. The molecule has 3 atom stereocenters. The topological polar surface area (TPSA) is 106 Å². The number of anilines is 2. The van der Waals surface area contributed by atoms with E-state index >= 15 is 0 Å². The second-order valence-corrected chi connectivity index (χ2v) is 5.61. The third kappa shape index (κ3) is 3.36. The molecule has 1 aromatic rings. The van der Waals surface area contributed by atoms with E-state index in [1.807, 2.05) is 0 Å². The number of aromatic nitrogens is 1. The maximum absolute atomic E-state index is 10.9. The molecule has 0 aliphatic heterocycles. The molecule has 0 aromatic carbocycles. The number of nitro groups is 1. The predicted octanol–water partition coefficient (Wildman–Crippen LogP) is 2.51. The van der Waals surface area contributed by atoms with Crippen molar-refractivity contribution in [3.8, 4) is 0 Å². The molecule has 0 spiro atoms. The van der Waals surface area contributed by atoms with Crippen molar-refractivity contribution in [1.82, 2.24) is 4.98 Å². The van der Waals surface area contributed by atoms with Gasteiger partial charge in [0.2, 0.25) is 0 Å². The molecule has 20 heavy (non-hydrogen) atoms. The van der Waals surface area contributed by atoms with E-state index in [1.165, 1.54) is 12.1 Å². The van der Waals surface area contributed by atoms with Gasteiger partial charge in [0.15, 0.2) is 0 Å². The summed E-state index contributed by atoms with van der Waals surface area (Å²) in [5.74, 6) is 7.46. The standard InChI is InChI=1S/C13H21N5O2/c1-8-3-4-10(5-9(8)2)15-12-6-11(18(19)20)7-13(16-12)17-14/h6-10H,3-5,14H2,1-2H3,(H2,15,16,17). The Bertz CT molecular complexity index is 494. The number of nitrogens with zero attached hydrogens (tertiary/aromatic N) is 2. The highest BCUT2D eigenvalue weighted by Gasteiger charge is 2.25. The van der Waals surface area contributed by atoms with E-state index in [1.54, 1.807) is 0 Å². The summed E-state index contributed by atoms with van der Waals surface area (Å²) in [7, 11) is 0. The fraction of sp³-hybridized carbons (Fsp3) is 0.615. The van der Waals surface area contributed by atoms with E-state index in [-0.39, 0.29) is 5.69 Å². The SMILES string of the molecule is CC1CCC(Nc2cc([N+](=O)[O-])cc(NN)n2)CC1C. The smallest absolute Gasteiger partial charge is 0.276 e. The van der Waals surface area contributed by atoms with Gasteiger partial charge < -0.3 is 10.7 Å². The maximum Gasteiger partial charge on any atom is 0.276 e. The van der Waals surface area contributed by atoms with Crippen LogP contribution in [0.25, 0.3) is 0 Å². The summed E-state index contributed by atoms with van der Waals surface area (Å²) < 4.78 is 0. The molecule has 2 rings (SSSR count). The van der Waals surface area contributed by atoms with Crippen molar-refractivity contribution >= 4 is 17.3 Å². The van der Waals surface area contributed by atoms with E-state index in [0.717, 1.165) is 25.2 Å². The van der Waals surface area contributed by atoms with Crippen LogP contribution in [0.2, 0.25) is 0 Å². The zero-order chi connectivity index (χ0) is 14.7. The Kier molecular flexibility index (Phi) is 4.39. The molecule has 1 fully saturated rings. The molecule has 1 aliphatic rings. The fourth-order valence-corrected chi connectivity index (χ4v) is 2.66. The average molecular weight is 279 g/mol. The monoisotopic (exact) mass is 279 g/mol. The molecule has 1 heterocycles. The Balaban J connectivity index is 2.12. The molecule has 0 radical (unpaired) electrons. The normalized spacial score (nSPS) is 26.1. The van der Waals surface area contributed by atoms with Gasteiger partial charge in [-0.05, 0) is 31.1 Å². The molecule has 110 valence electrons. The lowest BCUT2D eigenvalue weighted by molar-refractivity contribution is -0.384. The largest absolute Gasteiger partial charge is 0.367 e. The summed E-state index contributed by atoms with van der Waals surface area (Å²) >= 11 is 0. The fourth-order valence-electron chi connectivity index (χ4n) is 2.66. The van der Waals surface area contributed by atoms with Crippen molar-refractivity contribution in [2.45, 2.75) is 39.2 Å². The second kappa shape index (κ2) is 6.04. The zero-order valence-corrected chi connectivity index (χ0v) is 11.8. The molecule has 7 heteroatoms.